The number of carbonyl (C=O) groups excluding carboxylic acids is 1. The van der Waals surface area contributed by atoms with Crippen LogP contribution in [0.15, 0.2) is 42.0 Å². The van der Waals surface area contributed by atoms with Crippen LogP contribution in [-0.2, 0) is 9.59 Å². The van der Waals surface area contributed by atoms with Crippen molar-refractivity contribution in [1.82, 2.24) is 0 Å². The summed E-state index contributed by atoms with van der Waals surface area (Å²) >= 11 is 0. The second-order valence-corrected chi connectivity index (χ2v) is 3.87. The Labute approximate surface area is 93.4 Å². The van der Waals surface area contributed by atoms with Crippen LogP contribution in [0.5, 0.6) is 0 Å². The Bertz CT molecular complexity index is 446. The van der Waals surface area contributed by atoms with E-state index in [1.165, 1.54) is 6.08 Å². The SMILES string of the molecule is O=C1C=C(C(=O)O)C(c2ccccc2)CC1. The van der Waals surface area contributed by atoms with Gasteiger partial charge in [0.2, 0.25) is 0 Å². The molecule has 0 saturated heterocycles. The maximum Gasteiger partial charge on any atom is 0.332 e. The molecular weight excluding hydrogens is 204 g/mol. The van der Waals surface area contributed by atoms with Gasteiger partial charge in [-0.05, 0) is 18.1 Å². The summed E-state index contributed by atoms with van der Waals surface area (Å²) in [5.41, 5.74) is 1.17. The third-order valence-corrected chi connectivity index (χ3v) is 2.82. The zero-order valence-corrected chi connectivity index (χ0v) is 8.72. The molecule has 3 heteroatoms. The Morgan fingerprint density at radius 1 is 1.25 bits per heavy atom. The van der Waals surface area contributed by atoms with Crippen molar-refractivity contribution in [2.24, 2.45) is 0 Å². The maximum atomic E-state index is 11.2. The summed E-state index contributed by atoms with van der Waals surface area (Å²) in [7, 11) is 0. The first-order chi connectivity index (χ1) is 7.68. The summed E-state index contributed by atoms with van der Waals surface area (Å²) in [4.78, 5) is 22.3. The smallest absolute Gasteiger partial charge is 0.332 e. The Morgan fingerprint density at radius 3 is 2.56 bits per heavy atom. The molecule has 0 bridgehead atoms. The van der Waals surface area contributed by atoms with E-state index < -0.39 is 5.97 Å². The van der Waals surface area contributed by atoms with Gasteiger partial charge >= 0.3 is 5.97 Å². The van der Waals surface area contributed by atoms with E-state index in [4.69, 9.17) is 5.11 Å². The fourth-order valence-electron chi connectivity index (χ4n) is 2.03. The number of carboxylic acids is 1. The van der Waals surface area contributed by atoms with E-state index in [1.54, 1.807) is 0 Å². The van der Waals surface area contributed by atoms with Crippen molar-refractivity contribution in [3.63, 3.8) is 0 Å². The first-order valence-electron chi connectivity index (χ1n) is 5.21. The van der Waals surface area contributed by atoms with E-state index >= 15 is 0 Å². The molecule has 0 amide bonds. The molecule has 3 nitrogen and oxygen atoms in total. The van der Waals surface area contributed by atoms with Crippen molar-refractivity contribution in [2.45, 2.75) is 18.8 Å². The van der Waals surface area contributed by atoms with Gasteiger partial charge in [0, 0.05) is 17.9 Å². The average Bonchev–Trinajstić information content (AvgIpc) is 2.30. The number of rotatable bonds is 2. The largest absolute Gasteiger partial charge is 0.478 e. The van der Waals surface area contributed by atoms with Gasteiger partial charge in [-0.1, -0.05) is 30.3 Å². The summed E-state index contributed by atoms with van der Waals surface area (Å²) in [6, 6.07) is 9.45. The Kier molecular flexibility index (Phi) is 2.86. The van der Waals surface area contributed by atoms with Gasteiger partial charge in [-0.3, -0.25) is 4.79 Å². The fourth-order valence-corrected chi connectivity index (χ4v) is 2.03. The van der Waals surface area contributed by atoms with Gasteiger partial charge in [0.1, 0.15) is 0 Å². The van der Waals surface area contributed by atoms with Crippen molar-refractivity contribution < 1.29 is 14.7 Å². The predicted octanol–water partition coefficient (Wildman–Crippen LogP) is 2.14. The predicted molar refractivity (Wildman–Crippen MR) is 59.1 cm³/mol. The first-order valence-corrected chi connectivity index (χ1v) is 5.21. The highest BCUT2D eigenvalue weighted by molar-refractivity contribution is 6.01. The number of carbonyl (C=O) groups is 2. The molecule has 2 rings (SSSR count). The topological polar surface area (TPSA) is 54.4 Å². The van der Waals surface area contributed by atoms with Gasteiger partial charge in [0.25, 0.3) is 0 Å². The first kappa shape index (κ1) is 10.6. The molecule has 1 aromatic rings. The van der Waals surface area contributed by atoms with Crippen molar-refractivity contribution in [3.8, 4) is 0 Å². The molecule has 1 atom stereocenters. The lowest BCUT2D eigenvalue weighted by Gasteiger charge is -2.21. The summed E-state index contributed by atoms with van der Waals surface area (Å²) in [5, 5.41) is 9.07. The summed E-state index contributed by atoms with van der Waals surface area (Å²) < 4.78 is 0. The fraction of sp³-hybridized carbons (Fsp3) is 0.231. The molecule has 0 saturated carbocycles. The van der Waals surface area contributed by atoms with Crippen LogP contribution >= 0.6 is 0 Å². The monoisotopic (exact) mass is 216 g/mol. The van der Waals surface area contributed by atoms with E-state index in [9.17, 15) is 9.59 Å². The quantitative estimate of drug-likeness (QED) is 0.824. The highest BCUT2D eigenvalue weighted by Gasteiger charge is 2.27. The summed E-state index contributed by atoms with van der Waals surface area (Å²) in [6.45, 7) is 0. The Balaban J connectivity index is 2.38. The number of aliphatic carboxylic acids is 1. The molecule has 1 aliphatic rings. The van der Waals surface area contributed by atoms with Crippen molar-refractivity contribution >= 4 is 11.8 Å². The molecule has 1 N–H and O–H groups in total. The van der Waals surface area contributed by atoms with Crippen molar-refractivity contribution in [2.75, 3.05) is 0 Å². The second kappa shape index (κ2) is 4.31. The molecule has 1 aromatic carbocycles. The molecule has 16 heavy (non-hydrogen) atoms. The van der Waals surface area contributed by atoms with Crippen molar-refractivity contribution in [1.29, 1.82) is 0 Å². The van der Waals surface area contributed by atoms with Crippen LogP contribution in [0, 0.1) is 0 Å². The summed E-state index contributed by atoms with van der Waals surface area (Å²) in [5.74, 6) is -1.25. The number of allylic oxidation sites excluding steroid dienone is 1. The third kappa shape index (κ3) is 2.03. The van der Waals surface area contributed by atoms with Crippen LogP contribution in [0.2, 0.25) is 0 Å². The third-order valence-electron chi connectivity index (χ3n) is 2.82. The zero-order valence-electron chi connectivity index (χ0n) is 8.72. The number of hydrogen-bond acceptors (Lipinski definition) is 2. The minimum atomic E-state index is -0.998. The Morgan fingerprint density at radius 2 is 1.94 bits per heavy atom. The molecule has 82 valence electrons. The molecule has 1 unspecified atom stereocenters. The molecule has 0 fully saturated rings. The van der Waals surface area contributed by atoms with E-state index in [2.05, 4.69) is 0 Å². The number of carboxylic acid groups (broad SMARTS) is 1. The van der Waals surface area contributed by atoms with Crippen LogP contribution in [-0.4, -0.2) is 16.9 Å². The summed E-state index contributed by atoms with van der Waals surface area (Å²) in [6.07, 6.45) is 2.28. The van der Waals surface area contributed by atoms with Gasteiger partial charge < -0.3 is 5.11 Å². The number of hydrogen-bond donors (Lipinski definition) is 1. The van der Waals surface area contributed by atoms with E-state index in [0.717, 1.165) is 5.56 Å². The van der Waals surface area contributed by atoms with E-state index in [-0.39, 0.29) is 17.3 Å². The van der Waals surface area contributed by atoms with E-state index in [1.807, 2.05) is 30.3 Å². The van der Waals surface area contributed by atoms with Gasteiger partial charge in [-0.2, -0.15) is 0 Å². The molecule has 1 aliphatic carbocycles. The Hall–Kier alpha value is -1.90. The lowest BCUT2D eigenvalue weighted by molar-refractivity contribution is -0.133. The number of ketones is 1. The van der Waals surface area contributed by atoms with Crippen LogP contribution in [0.1, 0.15) is 24.3 Å². The maximum absolute atomic E-state index is 11.2. The van der Waals surface area contributed by atoms with Crippen LogP contribution in [0.3, 0.4) is 0 Å². The molecule has 0 spiro atoms. The van der Waals surface area contributed by atoms with Gasteiger partial charge in [-0.15, -0.1) is 0 Å². The lowest BCUT2D eigenvalue weighted by Crippen LogP contribution is -2.18. The molecular formula is C13H12O3. The van der Waals surface area contributed by atoms with Crippen LogP contribution in [0.25, 0.3) is 0 Å². The normalized spacial score (nSPS) is 20.4. The van der Waals surface area contributed by atoms with Crippen LogP contribution < -0.4 is 0 Å². The lowest BCUT2D eigenvalue weighted by atomic mass is 9.82. The van der Waals surface area contributed by atoms with Gasteiger partial charge in [0.15, 0.2) is 5.78 Å². The second-order valence-electron chi connectivity index (χ2n) is 3.87. The molecule has 0 aromatic heterocycles. The number of benzene rings is 1. The minimum Gasteiger partial charge on any atom is -0.478 e. The molecule has 0 radical (unpaired) electrons. The van der Waals surface area contributed by atoms with Gasteiger partial charge in [-0.25, -0.2) is 4.79 Å². The van der Waals surface area contributed by atoms with Gasteiger partial charge in [0.05, 0.1) is 0 Å². The zero-order chi connectivity index (χ0) is 11.5. The standard InChI is InChI=1S/C13H12O3/c14-10-6-7-11(12(8-10)13(15)16)9-4-2-1-3-5-9/h1-5,8,11H,6-7H2,(H,15,16). The average molecular weight is 216 g/mol. The molecule has 0 heterocycles. The highest BCUT2D eigenvalue weighted by atomic mass is 16.4. The van der Waals surface area contributed by atoms with E-state index in [0.29, 0.717) is 12.8 Å². The minimum absolute atomic E-state index is 0.0930. The molecule has 0 aliphatic heterocycles. The van der Waals surface area contributed by atoms with Crippen LogP contribution in [0.4, 0.5) is 0 Å². The van der Waals surface area contributed by atoms with Crippen molar-refractivity contribution in [3.05, 3.63) is 47.5 Å². The highest BCUT2D eigenvalue weighted by Crippen LogP contribution is 2.32.